The van der Waals surface area contributed by atoms with Crippen LogP contribution in [0.2, 0.25) is 0 Å². The van der Waals surface area contributed by atoms with Gasteiger partial charge >= 0.3 is 12.0 Å². The maximum atomic E-state index is 13.0. The number of carbonyl (C=O) groups excluding carboxylic acids is 3. The highest BCUT2D eigenvalue weighted by atomic mass is 127. The van der Waals surface area contributed by atoms with Gasteiger partial charge in [-0.1, -0.05) is 17.7 Å². The Bertz CT molecular complexity index is 1130. The number of rotatable bonds is 7. The van der Waals surface area contributed by atoms with Gasteiger partial charge in [0.25, 0.3) is 11.8 Å². The molecule has 0 atom stereocenters. The van der Waals surface area contributed by atoms with Crippen LogP contribution in [0.3, 0.4) is 0 Å². The number of nitrogens with zero attached hydrogens (tertiary/aromatic N) is 1. The molecule has 0 spiro atoms. The second-order valence-electron chi connectivity index (χ2n) is 6.74. The lowest BCUT2D eigenvalue weighted by Crippen LogP contribution is -2.54. The Labute approximate surface area is 197 Å². The van der Waals surface area contributed by atoms with Crippen LogP contribution in [0.15, 0.2) is 42.0 Å². The Hall–Kier alpha value is -3.41. The van der Waals surface area contributed by atoms with Crippen LogP contribution in [0.1, 0.15) is 18.1 Å². The third-order valence-corrected chi connectivity index (χ3v) is 5.18. The minimum atomic E-state index is -1.14. The van der Waals surface area contributed by atoms with Gasteiger partial charge in [0.1, 0.15) is 5.57 Å². The van der Waals surface area contributed by atoms with Gasteiger partial charge in [-0.15, -0.1) is 0 Å². The largest absolute Gasteiger partial charge is 0.490 e. The first-order valence-electron chi connectivity index (χ1n) is 9.50. The van der Waals surface area contributed by atoms with Gasteiger partial charge in [0.15, 0.2) is 18.1 Å². The molecule has 1 fully saturated rings. The van der Waals surface area contributed by atoms with E-state index in [0.29, 0.717) is 14.8 Å². The molecule has 2 aromatic rings. The molecular formula is C22H19IN2O7. The average molecular weight is 550 g/mol. The first-order chi connectivity index (χ1) is 15.2. The van der Waals surface area contributed by atoms with Gasteiger partial charge in [0, 0.05) is 0 Å². The van der Waals surface area contributed by atoms with E-state index in [4.69, 9.17) is 14.6 Å². The van der Waals surface area contributed by atoms with Gasteiger partial charge in [0.2, 0.25) is 0 Å². The van der Waals surface area contributed by atoms with Crippen LogP contribution in [0.25, 0.3) is 6.08 Å². The molecule has 2 aromatic carbocycles. The topological polar surface area (TPSA) is 122 Å². The number of carbonyl (C=O) groups is 4. The molecule has 0 aromatic heterocycles. The lowest BCUT2D eigenvalue weighted by molar-refractivity contribution is -0.139. The van der Waals surface area contributed by atoms with E-state index < -0.39 is 30.4 Å². The third kappa shape index (κ3) is 5.07. The lowest BCUT2D eigenvalue weighted by atomic mass is 10.1. The number of hydrogen-bond acceptors (Lipinski definition) is 6. The molecule has 3 rings (SSSR count). The van der Waals surface area contributed by atoms with Gasteiger partial charge in [-0.05, 0) is 72.3 Å². The minimum absolute atomic E-state index is 0.234. The number of anilines is 1. The maximum Gasteiger partial charge on any atom is 0.341 e. The SMILES string of the molecule is CCOc1cc(/C=C2\C(=O)NC(=O)N(c3ccc(C)cc3)C2=O)cc(I)c1OCC(=O)O. The van der Waals surface area contributed by atoms with Crippen LogP contribution in [-0.2, 0) is 14.4 Å². The molecule has 10 heteroatoms. The molecule has 4 amide bonds. The monoisotopic (exact) mass is 550 g/mol. The fraction of sp³-hybridized carbons (Fsp3) is 0.182. The van der Waals surface area contributed by atoms with E-state index in [1.165, 1.54) is 12.1 Å². The molecule has 9 nitrogen and oxygen atoms in total. The van der Waals surface area contributed by atoms with Gasteiger partial charge in [-0.3, -0.25) is 14.9 Å². The lowest BCUT2D eigenvalue weighted by Gasteiger charge is -2.26. The van der Waals surface area contributed by atoms with E-state index in [0.717, 1.165) is 10.5 Å². The summed E-state index contributed by atoms with van der Waals surface area (Å²) in [6.45, 7) is 3.36. The first kappa shape index (κ1) is 23.3. The molecule has 0 bridgehead atoms. The molecule has 0 radical (unpaired) electrons. The summed E-state index contributed by atoms with van der Waals surface area (Å²) in [5.74, 6) is -2.21. The summed E-state index contributed by atoms with van der Waals surface area (Å²) in [6.07, 6.45) is 1.34. The van der Waals surface area contributed by atoms with Crippen LogP contribution in [0, 0.1) is 10.5 Å². The summed E-state index contributed by atoms with van der Waals surface area (Å²) in [6, 6.07) is 9.05. The number of benzene rings is 2. The Balaban J connectivity index is 2.00. The van der Waals surface area contributed by atoms with Crippen molar-refractivity contribution in [1.82, 2.24) is 5.32 Å². The normalized spacial score (nSPS) is 15.0. The van der Waals surface area contributed by atoms with E-state index >= 15 is 0 Å². The van der Waals surface area contributed by atoms with Crippen molar-refractivity contribution in [3.8, 4) is 11.5 Å². The van der Waals surface area contributed by atoms with Gasteiger partial charge in [-0.25, -0.2) is 14.5 Å². The number of nitrogens with one attached hydrogen (secondary N) is 1. The van der Waals surface area contributed by atoms with E-state index in [1.807, 2.05) is 29.5 Å². The van der Waals surface area contributed by atoms with Crippen molar-refractivity contribution >= 4 is 58.2 Å². The van der Waals surface area contributed by atoms with Crippen molar-refractivity contribution in [1.29, 1.82) is 0 Å². The molecule has 0 saturated carbocycles. The first-order valence-corrected chi connectivity index (χ1v) is 10.6. The number of carboxylic acids is 1. The van der Waals surface area contributed by atoms with Crippen molar-refractivity contribution in [3.63, 3.8) is 0 Å². The van der Waals surface area contributed by atoms with Crippen LogP contribution >= 0.6 is 22.6 Å². The molecule has 2 N–H and O–H groups in total. The number of carboxylic acid groups (broad SMARTS) is 1. The van der Waals surface area contributed by atoms with Crippen LogP contribution in [-0.4, -0.2) is 42.1 Å². The van der Waals surface area contributed by atoms with Gasteiger partial charge in [-0.2, -0.15) is 0 Å². The highest BCUT2D eigenvalue weighted by Crippen LogP contribution is 2.35. The number of aryl methyl sites for hydroxylation is 1. The fourth-order valence-corrected chi connectivity index (χ4v) is 3.74. The van der Waals surface area contributed by atoms with Gasteiger partial charge < -0.3 is 14.6 Å². The fourth-order valence-electron chi connectivity index (χ4n) is 2.96. The van der Waals surface area contributed by atoms with E-state index in [9.17, 15) is 19.2 Å². The summed E-state index contributed by atoms with van der Waals surface area (Å²) in [5.41, 5.74) is 1.49. The molecular weight excluding hydrogens is 531 g/mol. The zero-order valence-corrected chi connectivity index (χ0v) is 19.3. The quantitative estimate of drug-likeness (QED) is 0.309. The summed E-state index contributed by atoms with van der Waals surface area (Å²) >= 11 is 1.95. The molecule has 32 heavy (non-hydrogen) atoms. The number of ether oxygens (including phenoxy) is 2. The number of amides is 4. The number of barbiturate groups is 1. The van der Waals surface area contributed by atoms with Crippen molar-refractivity contribution < 1.29 is 33.8 Å². The zero-order valence-electron chi connectivity index (χ0n) is 17.2. The van der Waals surface area contributed by atoms with E-state index in [-0.39, 0.29) is 23.7 Å². The predicted molar refractivity (Wildman–Crippen MR) is 124 cm³/mol. The van der Waals surface area contributed by atoms with Crippen LogP contribution < -0.4 is 19.7 Å². The number of imide groups is 2. The highest BCUT2D eigenvalue weighted by molar-refractivity contribution is 14.1. The zero-order chi connectivity index (χ0) is 23.4. The summed E-state index contributed by atoms with van der Waals surface area (Å²) < 4.78 is 11.4. The van der Waals surface area contributed by atoms with Crippen molar-refractivity contribution in [2.75, 3.05) is 18.1 Å². The summed E-state index contributed by atoms with van der Waals surface area (Å²) in [4.78, 5) is 49.5. The molecule has 1 aliphatic rings. The van der Waals surface area contributed by atoms with E-state index in [2.05, 4.69) is 5.32 Å². The second kappa shape index (κ2) is 9.81. The molecule has 0 unspecified atom stereocenters. The number of hydrogen-bond donors (Lipinski definition) is 2. The Morgan fingerprint density at radius 2 is 1.84 bits per heavy atom. The molecule has 166 valence electrons. The molecule has 1 aliphatic heterocycles. The molecule has 1 heterocycles. The molecule has 1 saturated heterocycles. The van der Waals surface area contributed by atoms with Crippen LogP contribution in [0.5, 0.6) is 11.5 Å². The van der Waals surface area contributed by atoms with Crippen molar-refractivity contribution in [2.45, 2.75) is 13.8 Å². The second-order valence-corrected chi connectivity index (χ2v) is 7.90. The smallest absolute Gasteiger partial charge is 0.341 e. The standard InChI is InChI=1S/C22H19IN2O7/c1-3-31-17-10-13(9-16(23)19(17)32-11-18(26)27)8-15-20(28)24-22(30)25(21(15)29)14-6-4-12(2)5-7-14/h4-10H,3,11H2,1-2H3,(H,26,27)(H,24,28,30)/b15-8+. The minimum Gasteiger partial charge on any atom is -0.490 e. The number of halogens is 1. The summed E-state index contributed by atoms with van der Waals surface area (Å²) in [5, 5.41) is 11.1. The molecule has 0 aliphatic carbocycles. The van der Waals surface area contributed by atoms with Gasteiger partial charge in [0.05, 0.1) is 15.9 Å². The van der Waals surface area contributed by atoms with Crippen molar-refractivity contribution in [2.24, 2.45) is 0 Å². The summed E-state index contributed by atoms with van der Waals surface area (Å²) in [7, 11) is 0. The van der Waals surface area contributed by atoms with Crippen LogP contribution in [0.4, 0.5) is 10.5 Å². The Kier molecular flexibility index (Phi) is 7.13. The Morgan fingerprint density at radius 3 is 2.47 bits per heavy atom. The van der Waals surface area contributed by atoms with Crippen molar-refractivity contribution in [3.05, 3.63) is 56.7 Å². The number of urea groups is 1. The number of aliphatic carboxylic acids is 1. The highest BCUT2D eigenvalue weighted by Gasteiger charge is 2.36. The van der Waals surface area contributed by atoms with E-state index in [1.54, 1.807) is 37.3 Å². The predicted octanol–water partition coefficient (Wildman–Crippen LogP) is 3.13. The average Bonchev–Trinajstić information content (AvgIpc) is 2.72. The maximum absolute atomic E-state index is 13.0. The third-order valence-electron chi connectivity index (χ3n) is 4.38. The Morgan fingerprint density at radius 1 is 1.16 bits per heavy atom.